The first-order chi connectivity index (χ1) is 8.58. The molecule has 1 saturated carbocycles. The summed E-state index contributed by atoms with van der Waals surface area (Å²) in [5, 5.41) is 3.16. The summed E-state index contributed by atoms with van der Waals surface area (Å²) in [6.45, 7) is 4.16. The summed E-state index contributed by atoms with van der Waals surface area (Å²) in [5.74, 6) is 0.735. The highest BCUT2D eigenvalue weighted by Gasteiger charge is 2.22. The Morgan fingerprint density at radius 1 is 1.44 bits per heavy atom. The van der Waals surface area contributed by atoms with E-state index in [1.54, 1.807) is 0 Å². The van der Waals surface area contributed by atoms with Crippen molar-refractivity contribution >= 4 is 33.2 Å². The molecule has 2 rings (SSSR count). The third-order valence-electron chi connectivity index (χ3n) is 3.80. The van der Waals surface area contributed by atoms with E-state index in [4.69, 9.17) is 0 Å². The second-order valence-electron chi connectivity index (χ2n) is 5.23. The molecular formula is C14H20BrNOS. The smallest absolute Gasteiger partial charge is 0.261 e. The molecule has 1 aromatic rings. The van der Waals surface area contributed by atoms with Crippen LogP contribution < -0.4 is 5.32 Å². The number of hydrogen-bond donors (Lipinski definition) is 1. The molecule has 1 fully saturated rings. The predicted octanol–water partition coefficient (Wildman–Crippen LogP) is 4.52. The number of hydrogen-bond acceptors (Lipinski definition) is 2. The van der Waals surface area contributed by atoms with Gasteiger partial charge in [-0.05, 0) is 60.2 Å². The highest BCUT2D eigenvalue weighted by molar-refractivity contribution is 9.11. The quantitative estimate of drug-likeness (QED) is 0.867. The van der Waals surface area contributed by atoms with Gasteiger partial charge in [-0.2, -0.15) is 0 Å². The van der Waals surface area contributed by atoms with E-state index in [1.807, 2.05) is 13.0 Å². The van der Waals surface area contributed by atoms with E-state index >= 15 is 0 Å². The summed E-state index contributed by atoms with van der Waals surface area (Å²) < 4.78 is 1.05. The summed E-state index contributed by atoms with van der Waals surface area (Å²) in [6.07, 6.45) is 6.50. The second-order valence-corrected chi connectivity index (χ2v) is 7.60. The molecule has 1 N–H and O–H groups in total. The van der Waals surface area contributed by atoms with Crippen molar-refractivity contribution in [1.29, 1.82) is 0 Å². The number of carbonyl (C=O) groups is 1. The molecule has 0 aromatic carbocycles. The summed E-state index contributed by atoms with van der Waals surface area (Å²) >= 11 is 4.98. The average Bonchev–Trinajstić information content (AvgIpc) is 2.71. The topological polar surface area (TPSA) is 29.1 Å². The molecule has 2 nitrogen and oxygen atoms in total. The van der Waals surface area contributed by atoms with E-state index in [2.05, 4.69) is 28.2 Å². The molecule has 1 heterocycles. The van der Waals surface area contributed by atoms with Crippen LogP contribution in [0.3, 0.4) is 0 Å². The van der Waals surface area contributed by atoms with Gasteiger partial charge in [0.15, 0.2) is 0 Å². The molecule has 0 bridgehead atoms. The van der Waals surface area contributed by atoms with Crippen LogP contribution in [0.15, 0.2) is 9.85 Å². The molecule has 100 valence electrons. The van der Waals surface area contributed by atoms with Crippen molar-refractivity contribution in [1.82, 2.24) is 5.32 Å². The van der Waals surface area contributed by atoms with E-state index in [0.717, 1.165) is 14.2 Å². The molecule has 18 heavy (non-hydrogen) atoms. The molecular weight excluding hydrogens is 310 g/mol. The highest BCUT2D eigenvalue weighted by Crippen LogP contribution is 2.29. The van der Waals surface area contributed by atoms with E-state index in [1.165, 1.54) is 43.4 Å². The van der Waals surface area contributed by atoms with E-state index < -0.39 is 0 Å². The largest absolute Gasteiger partial charge is 0.349 e. The van der Waals surface area contributed by atoms with Gasteiger partial charge in [-0.15, -0.1) is 11.3 Å². The van der Waals surface area contributed by atoms with E-state index in [0.29, 0.717) is 12.0 Å². The first-order valence-corrected chi connectivity index (χ1v) is 8.25. The zero-order chi connectivity index (χ0) is 13.1. The minimum atomic E-state index is 0.0758. The number of thiophene rings is 1. The third-order valence-corrected chi connectivity index (χ3v) is 5.93. The number of aryl methyl sites for hydroxylation is 1. The van der Waals surface area contributed by atoms with Crippen molar-refractivity contribution in [3.05, 3.63) is 20.3 Å². The van der Waals surface area contributed by atoms with E-state index in [-0.39, 0.29) is 5.91 Å². The molecule has 1 aliphatic carbocycles. The molecule has 1 atom stereocenters. The molecule has 4 heteroatoms. The van der Waals surface area contributed by atoms with Crippen molar-refractivity contribution in [2.24, 2.45) is 5.92 Å². The van der Waals surface area contributed by atoms with Gasteiger partial charge in [-0.1, -0.05) is 19.3 Å². The van der Waals surface area contributed by atoms with Crippen LogP contribution in [0.25, 0.3) is 0 Å². The van der Waals surface area contributed by atoms with Crippen LogP contribution in [0.1, 0.15) is 54.3 Å². The van der Waals surface area contributed by atoms with Crippen molar-refractivity contribution < 1.29 is 4.79 Å². The maximum absolute atomic E-state index is 12.1. The summed E-state index contributed by atoms with van der Waals surface area (Å²) in [7, 11) is 0. The van der Waals surface area contributed by atoms with Crippen LogP contribution in [0.4, 0.5) is 0 Å². The van der Waals surface area contributed by atoms with Crippen LogP contribution >= 0.6 is 27.3 Å². The van der Waals surface area contributed by atoms with Crippen molar-refractivity contribution in [2.45, 2.75) is 52.0 Å². The predicted molar refractivity (Wildman–Crippen MR) is 80.3 cm³/mol. The van der Waals surface area contributed by atoms with Crippen molar-refractivity contribution in [2.75, 3.05) is 0 Å². The van der Waals surface area contributed by atoms with Crippen LogP contribution in [0.5, 0.6) is 0 Å². The molecule has 1 unspecified atom stereocenters. The Kier molecular flexibility index (Phi) is 4.84. The zero-order valence-corrected chi connectivity index (χ0v) is 13.4. The second kappa shape index (κ2) is 6.20. The molecule has 1 aromatic heterocycles. The maximum Gasteiger partial charge on any atom is 0.261 e. The average molecular weight is 330 g/mol. The van der Waals surface area contributed by atoms with Crippen molar-refractivity contribution in [3.8, 4) is 0 Å². The maximum atomic E-state index is 12.1. The molecule has 0 radical (unpaired) electrons. The van der Waals surface area contributed by atoms with Gasteiger partial charge >= 0.3 is 0 Å². The van der Waals surface area contributed by atoms with Gasteiger partial charge in [0.05, 0.1) is 8.66 Å². The van der Waals surface area contributed by atoms with E-state index in [9.17, 15) is 4.79 Å². The van der Waals surface area contributed by atoms with Crippen LogP contribution in [0.2, 0.25) is 0 Å². The number of rotatable bonds is 3. The van der Waals surface area contributed by atoms with Crippen LogP contribution in [0, 0.1) is 12.8 Å². The fourth-order valence-electron chi connectivity index (χ4n) is 2.60. The third kappa shape index (κ3) is 3.35. The lowest BCUT2D eigenvalue weighted by Gasteiger charge is -2.28. The number of carbonyl (C=O) groups excluding carboxylic acids is 1. The molecule has 1 amide bonds. The minimum Gasteiger partial charge on any atom is -0.349 e. The summed E-state index contributed by atoms with van der Waals surface area (Å²) in [5.41, 5.74) is 1.13. The minimum absolute atomic E-state index is 0.0758. The van der Waals surface area contributed by atoms with Gasteiger partial charge in [-0.25, -0.2) is 0 Å². The van der Waals surface area contributed by atoms with Gasteiger partial charge in [0.2, 0.25) is 0 Å². The van der Waals surface area contributed by atoms with Gasteiger partial charge in [0, 0.05) is 6.04 Å². The Labute approximate surface area is 121 Å². The fourth-order valence-corrected chi connectivity index (χ4v) is 4.04. The zero-order valence-electron chi connectivity index (χ0n) is 11.0. The highest BCUT2D eigenvalue weighted by atomic mass is 79.9. The Morgan fingerprint density at radius 3 is 2.67 bits per heavy atom. The van der Waals surface area contributed by atoms with Gasteiger partial charge in [0.1, 0.15) is 0 Å². The van der Waals surface area contributed by atoms with Crippen LogP contribution in [-0.2, 0) is 0 Å². The monoisotopic (exact) mass is 329 g/mol. The standard InChI is InChI=1S/C14H20BrNOS/c1-9-8-12(18-13(9)15)14(17)16-10(2)11-6-4-3-5-7-11/h8,10-11H,3-7H2,1-2H3,(H,16,17). The lowest BCUT2D eigenvalue weighted by Crippen LogP contribution is -2.38. The first-order valence-electron chi connectivity index (χ1n) is 6.64. The molecule has 1 aliphatic rings. The molecule has 0 saturated heterocycles. The normalized spacial score (nSPS) is 18.6. The number of amides is 1. The lowest BCUT2D eigenvalue weighted by molar-refractivity contribution is 0.0923. The summed E-state index contributed by atoms with van der Waals surface area (Å²) in [4.78, 5) is 12.9. The summed E-state index contributed by atoms with van der Waals surface area (Å²) in [6, 6.07) is 2.25. The SMILES string of the molecule is Cc1cc(C(=O)NC(C)C2CCCCC2)sc1Br. The lowest BCUT2D eigenvalue weighted by atomic mass is 9.84. The van der Waals surface area contributed by atoms with Gasteiger partial charge < -0.3 is 5.32 Å². The number of halogens is 1. The van der Waals surface area contributed by atoms with Crippen LogP contribution in [-0.4, -0.2) is 11.9 Å². The molecule has 0 spiro atoms. The Bertz CT molecular complexity index is 404. The Hall–Kier alpha value is -0.350. The fraction of sp³-hybridized carbons (Fsp3) is 0.643. The Balaban J connectivity index is 1.93. The first kappa shape index (κ1) is 14.1. The van der Waals surface area contributed by atoms with Gasteiger partial charge in [-0.3, -0.25) is 4.79 Å². The van der Waals surface area contributed by atoms with Crippen molar-refractivity contribution in [3.63, 3.8) is 0 Å². The number of nitrogens with one attached hydrogen (secondary N) is 1. The van der Waals surface area contributed by atoms with Gasteiger partial charge in [0.25, 0.3) is 5.91 Å². The molecule has 0 aliphatic heterocycles. The Morgan fingerprint density at radius 2 is 2.11 bits per heavy atom.